The van der Waals surface area contributed by atoms with E-state index in [4.69, 9.17) is 17.2 Å². The molecule has 512 valence electrons. The number of phenolic OH excluding ortho intramolecular Hbond substituents is 1. The number of aromatic hydroxyl groups is 1. The number of nitrogens with zero attached hydrogens (tertiary/aromatic N) is 2. The molecule has 2 aromatic heterocycles. The number of carboxylic acids is 1. The van der Waals surface area contributed by atoms with E-state index < -0.39 is 158 Å². The topological polar surface area (TPSA) is 541 Å². The fraction of sp³-hybridized carbons (Fsp3) is 0.410. The molecule has 0 saturated carbocycles. The van der Waals surface area contributed by atoms with Crippen LogP contribution in [0.15, 0.2) is 103 Å². The summed E-state index contributed by atoms with van der Waals surface area (Å²) in [6.07, 6.45) is 3.55. The van der Waals surface area contributed by atoms with Gasteiger partial charge in [0, 0.05) is 74.6 Å². The number of aliphatic carboxylic acids is 1. The van der Waals surface area contributed by atoms with Crippen molar-refractivity contribution in [1.82, 2.24) is 68.1 Å². The number of benzene rings is 3. The number of thioether (sulfide) groups is 1. The molecular formula is C61H81N17O16S. The highest BCUT2D eigenvalue weighted by Gasteiger charge is 2.36. The molecule has 9 atom stereocenters. The van der Waals surface area contributed by atoms with Crippen LogP contribution < -0.4 is 70.4 Å². The number of aromatic amines is 2. The number of amides is 11. The Morgan fingerprint density at radius 1 is 0.547 bits per heavy atom. The number of carbonyl (C=O) groups excluding carboxylic acids is 11. The second kappa shape index (κ2) is 38.4. The van der Waals surface area contributed by atoms with Crippen molar-refractivity contribution in [2.45, 2.75) is 119 Å². The number of H-pyrrole nitrogens is 2. The Bertz CT molecular complexity index is 3460. The molecule has 33 nitrogen and oxygen atoms in total. The molecule has 2 heterocycles. The van der Waals surface area contributed by atoms with E-state index in [0.29, 0.717) is 16.7 Å². The molecule has 5 rings (SSSR count). The third kappa shape index (κ3) is 25.4. The van der Waals surface area contributed by atoms with Gasteiger partial charge in [-0.05, 0) is 72.6 Å². The van der Waals surface area contributed by atoms with E-state index in [9.17, 15) is 78.0 Å². The number of nitrogens with two attached hydrogens (primary N) is 3. The summed E-state index contributed by atoms with van der Waals surface area (Å²) in [7, 11) is 0. The predicted octanol–water partition coefficient (Wildman–Crippen LogP) is -4.49. The van der Waals surface area contributed by atoms with Crippen LogP contribution in [0.5, 0.6) is 5.75 Å². The van der Waals surface area contributed by atoms with Gasteiger partial charge >= 0.3 is 5.97 Å². The third-order valence-electron chi connectivity index (χ3n) is 14.5. The standard InChI is InChI=1S/C61H81N17O16S/c1-33(81)70-48(30-79)59(93)75-45(24-35-14-16-38(82)17-15-35)57(91)78-49(31-80)60(94)73-43(20-22-95-2)55(89)72-42(18-19-51(84)85)54(88)77-47(26-37-28-65-32-69-37)58(92)74-44(23-34-9-4-3-5-10-34)56(90)71-41(13-8-21-66-61(63)64)53(87)76-46(52(86)68-29-50(62)83)25-36-27-67-40-12-7-6-11-39(36)40/h3-7,9-12,14-17,27-28,32,41-49,67,79-80,82H,8,13,18-26,29-31H2,1-2H3,(H2,62,83)(H,65,69)(H,68,86)(H,70,81)(H,71,90)(H,72,89)(H,73,94)(H,74,92)(H,75,93)(H,76,87)(H,77,88)(H,78,91)(H,84,85)(H4,63,64,66)/t41-,42-,43-,44-,45-,46-,47-,48-,49-/m0/s1. The molecule has 0 bridgehead atoms. The number of phenols is 1. The van der Waals surface area contributed by atoms with Crippen molar-refractivity contribution >= 4 is 99.6 Å². The van der Waals surface area contributed by atoms with E-state index in [-0.39, 0.29) is 74.6 Å². The molecule has 0 fully saturated rings. The van der Waals surface area contributed by atoms with Gasteiger partial charge in [-0.15, -0.1) is 0 Å². The Labute approximate surface area is 548 Å². The molecule has 0 spiro atoms. The molecule has 0 saturated heterocycles. The zero-order chi connectivity index (χ0) is 69.6. The number of imidazole rings is 1. The van der Waals surface area contributed by atoms with E-state index in [1.165, 1.54) is 48.6 Å². The van der Waals surface area contributed by atoms with Crippen LogP contribution in [0.3, 0.4) is 0 Å². The highest BCUT2D eigenvalue weighted by atomic mass is 32.2. The van der Waals surface area contributed by atoms with Crippen LogP contribution >= 0.6 is 11.8 Å². The number of hydrogen-bond acceptors (Lipinski definition) is 18. The lowest BCUT2D eigenvalue weighted by Gasteiger charge is -2.28. The summed E-state index contributed by atoms with van der Waals surface area (Å²) < 4.78 is 0. The number of rotatable bonds is 40. The number of nitrogens with one attached hydrogen (secondary N) is 12. The van der Waals surface area contributed by atoms with Crippen molar-refractivity contribution in [3.63, 3.8) is 0 Å². The van der Waals surface area contributed by atoms with Crippen LogP contribution in [0, 0.1) is 0 Å². The molecule has 3 aromatic carbocycles. The van der Waals surface area contributed by atoms with E-state index in [0.717, 1.165) is 17.8 Å². The summed E-state index contributed by atoms with van der Waals surface area (Å²) >= 11 is 1.24. The molecule has 5 aromatic rings. The summed E-state index contributed by atoms with van der Waals surface area (Å²) in [6, 6.07) is 6.95. The SMILES string of the molecule is CSCC[C@H](NC(=O)[C@H](CO)NC(=O)[C@H](Cc1ccc(O)cc1)NC(=O)[C@H](CO)NC(C)=O)C(=O)N[C@@H](CCC(=O)O)C(=O)N[C@@H](Cc1cnc[nH]1)C(=O)N[C@@H](Cc1ccccc1)C(=O)N[C@@H](CCCN=C(N)N)C(=O)N[C@@H](Cc1c[nH]c2ccccc12)C(=O)NCC(N)=O. The van der Waals surface area contributed by atoms with Crippen molar-refractivity contribution in [2.24, 2.45) is 22.2 Å². The van der Waals surface area contributed by atoms with Gasteiger partial charge in [-0.3, -0.25) is 62.5 Å². The zero-order valence-corrected chi connectivity index (χ0v) is 52.9. The second-order valence-corrected chi connectivity index (χ2v) is 22.8. The highest BCUT2D eigenvalue weighted by Crippen LogP contribution is 2.20. The first-order valence-electron chi connectivity index (χ1n) is 30.0. The van der Waals surface area contributed by atoms with Crippen LogP contribution in [0.4, 0.5) is 0 Å². The highest BCUT2D eigenvalue weighted by molar-refractivity contribution is 7.98. The van der Waals surface area contributed by atoms with Crippen LogP contribution in [-0.4, -0.2) is 205 Å². The lowest BCUT2D eigenvalue weighted by molar-refractivity contribution is -0.139. The molecule has 0 aliphatic heterocycles. The molecule has 0 unspecified atom stereocenters. The van der Waals surface area contributed by atoms with Gasteiger partial charge in [-0.2, -0.15) is 11.8 Å². The van der Waals surface area contributed by atoms with Crippen LogP contribution in [0.1, 0.15) is 61.4 Å². The van der Waals surface area contributed by atoms with Crippen LogP contribution in [-0.2, 0) is 83.2 Å². The van der Waals surface area contributed by atoms with Gasteiger partial charge < -0.3 is 101 Å². The fourth-order valence-corrected chi connectivity index (χ4v) is 10.1. The largest absolute Gasteiger partial charge is 0.508 e. The Hall–Kier alpha value is -10.6. The molecule has 11 amide bonds. The first-order chi connectivity index (χ1) is 45.4. The van der Waals surface area contributed by atoms with Gasteiger partial charge in [0.25, 0.3) is 0 Å². The van der Waals surface area contributed by atoms with Crippen molar-refractivity contribution in [2.75, 3.05) is 38.3 Å². The van der Waals surface area contributed by atoms with E-state index in [2.05, 4.69) is 73.1 Å². The quantitative estimate of drug-likeness (QED) is 0.00999. The van der Waals surface area contributed by atoms with E-state index in [1.54, 1.807) is 61.0 Å². The summed E-state index contributed by atoms with van der Waals surface area (Å²) in [5, 5.41) is 65.6. The zero-order valence-electron chi connectivity index (χ0n) is 52.1. The molecule has 0 aliphatic rings. The number of carboxylic acid groups (broad SMARTS) is 1. The number of primary amides is 1. The summed E-state index contributed by atoms with van der Waals surface area (Å²) in [5.41, 5.74) is 19.0. The summed E-state index contributed by atoms with van der Waals surface area (Å²) in [6.45, 7) is -1.41. The number of aliphatic hydroxyl groups is 2. The van der Waals surface area contributed by atoms with Crippen LogP contribution in [0.25, 0.3) is 10.9 Å². The van der Waals surface area contributed by atoms with Gasteiger partial charge in [0.15, 0.2) is 5.96 Å². The number of fused-ring (bicyclic) bond motifs is 1. The number of carbonyl (C=O) groups is 12. The monoisotopic (exact) mass is 1340 g/mol. The number of guanidine groups is 1. The maximum Gasteiger partial charge on any atom is 0.303 e. The van der Waals surface area contributed by atoms with E-state index >= 15 is 0 Å². The van der Waals surface area contributed by atoms with Crippen molar-refractivity contribution in [3.05, 3.63) is 120 Å². The number of para-hydroxylation sites is 1. The Morgan fingerprint density at radius 3 is 1.54 bits per heavy atom. The molecular weight excluding hydrogens is 1260 g/mol. The fourth-order valence-electron chi connectivity index (χ4n) is 9.61. The molecule has 22 N–H and O–H groups in total. The Balaban J connectivity index is 1.40. The number of hydrogen-bond donors (Lipinski definition) is 19. The maximum absolute atomic E-state index is 14.8. The van der Waals surface area contributed by atoms with Gasteiger partial charge in [-0.1, -0.05) is 60.7 Å². The molecule has 95 heavy (non-hydrogen) atoms. The van der Waals surface area contributed by atoms with Crippen molar-refractivity contribution in [3.8, 4) is 5.75 Å². The van der Waals surface area contributed by atoms with Gasteiger partial charge in [0.05, 0.1) is 26.1 Å². The van der Waals surface area contributed by atoms with Crippen molar-refractivity contribution < 1.29 is 78.0 Å². The number of aliphatic hydroxyl groups excluding tert-OH is 2. The number of aromatic nitrogens is 3. The third-order valence-corrected chi connectivity index (χ3v) is 15.1. The van der Waals surface area contributed by atoms with Crippen LogP contribution in [0.2, 0.25) is 0 Å². The van der Waals surface area contributed by atoms with Gasteiger partial charge in [0.1, 0.15) is 60.1 Å². The molecule has 0 aliphatic carbocycles. The number of aliphatic imine (C=N–C) groups is 1. The maximum atomic E-state index is 14.8. The first-order valence-corrected chi connectivity index (χ1v) is 31.4. The summed E-state index contributed by atoms with van der Waals surface area (Å²) in [4.78, 5) is 177. The average Bonchev–Trinajstić information content (AvgIpc) is 1.77. The van der Waals surface area contributed by atoms with E-state index in [1.807, 2.05) is 6.07 Å². The minimum atomic E-state index is -1.81. The Morgan fingerprint density at radius 2 is 1.02 bits per heavy atom. The smallest absolute Gasteiger partial charge is 0.303 e. The molecule has 0 radical (unpaired) electrons. The second-order valence-electron chi connectivity index (χ2n) is 21.9. The lowest BCUT2D eigenvalue weighted by atomic mass is 10.0. The first kappa shape index (κ1) is 75.1. The summed E-state index contributed by atoms with van der Waals surface area (Å²) in [5.74, 6) is -12.0. The van der Waals surface area contributed by atoms with Gasteiger partial charge in [0.2, 0.25) is 65.0 Å². The average molecular weight is 1340 g/mol. The van der Waals surface area contributed by atoms with Crippen molar-refractivity contribution in [1.29, 1.82) is 0 Å². The normalized spacial score (nSPS) is 13.8. The van der Waals surface area contributed by atoms with Gasteiger partial charge in [-0.25, -0.2) is 4.98 Å². The minimum absolute atomic E-state index is 0.00365. The lowest BCUT2D eigenvalue weighted by Crippen LogP contribution is -2.61. The molecule has 34 heteroatoms. The predicted molar refractivity (Wildman–Crippen MR) is 345 cm³/mol. The Kier molecular flexibility index (Phi) is 30.4. The minimum Gasteiger partial charge on any atom is -0.508 e.